The summed E-state index contributed by atoms with van der Waals surface area (Å²) < 4.78 is 5.81. The molecule has 24 heavy (non-hydrogen) atoms. The largest absolute Gasteiger partial charge is 0.493 e. The molecular weight excluding hydrogens is 296 g/mol. The minimum absolute atomic E-state index is 0.477. The Bertz CT molecular complexity index is 493. The van der Waals surface area contributed by atoms with Gasteiger partial charge in [-0.2, -0.15) is 0 Å². The van der Waals surface area contributed by atoms with Crippen molar-refractivity contribution < 1.29 is 4.74 Å². The maximum atomic E-state index is 6.17. The van der Waals surface area contributed by atoms with Gasteiger partial charge in [-0.25, -0.2) is 0 Å². The summed E-state index contributed by atoms with van der Waals surface area (Å²) in [4.78, 5) is 2.61. The highest BCUT2D eigenvalue weighted by molar-refractivity contribution is 5.38. The molecule has 1 aliphatic heterocycles. The molecule has 1 heterocycles. The number of rotatable bonds is 8. The normalized spacial score (nSPS) is 18.1. The van der Waals surface area contributed by atoms with Crippen molar-refractivity contribution in [3.05, 3.63) is 29.3 Å². The number of ether oxygens (including phenoxy) is 1. The SMILES string of the molecule is CCCOc1ccc(C(CN)C2CCN(CC(C)C)CC2)cc1C. The summed E-state index contributed by atoms with van der Waals surface area (Å²) in [6.07, 6.45) is 3.57. The Balaban J connectivity index is 2.00. The Morgan fingerprint density at radius 2 is 1.96 bits per heavy atom. The van der Waals surface area contributed by atoms with Gasteiger partial charge in [-0.15, -0.1) is 0 Å². The number of likely N-dealkylation sites (tertiary alicyclic amines) is 1. The molecule has 1 aromatic carbocycles. The van der Waals surface area contributed by atoms with Crippen LogP contribution in [0.15, 0.2) is 18.2 Å². The van der Waals surface area contributed by atoms with E-state index < -0.39 is 0 Å². The van der Waals surface area contributed by atoms with Crippen molar-refractivity contribution in [3.63, 3.8) is 0 Å². The van der Waals surface area contributed by atoms with Crippen LogP contribution in [0.3, 0.4) is 0 Å². The smallest absolute Gasteiger partial charge is 0.122 e. The van der Waals surface area contributed by atoms with Gasteiger partial charge in [0.25, 0.3) is 0 Å². The van der Waals surface area contributed by atoms with E-state index in [0.717, 1.165) is 31.2 Å². The predicted molar refractivity (Wildman–Crippen MR) is 103 cm³/mol. The number of nitrogens with zero attached hydrogens (tertiary/aromatic N) is 1. The minimum atomic E-state index is 0.477. The van der Waals surface area contributed by atoms with Crippen molar-refractivity contribution >= 4 is 0 Å². The number of hydrogen-bond acceptors (Lipinski definition) is 3. The summed E-state index contributed by atoms with van der Waals surface area (Å²) in [6, 6.07) is 6.66. The third-order valence-corrected chi connectivity index (χ3v) is 5.17. The van der Waals surface area contributed by atoms with Crippen LogP contribution in [0.4, 0.5) is 0 Å². The van der Waals surface area contributed by atoms with E-state index in [-0.39, 0.29) is 0 Å². The standard InChI is InChI=1S/C21H36N2O/c1-5-12-24-21-7-6-19(13-17(21)4)20(14-22)18-8-10-23(11-9-18)15-16(2)3/h6-7,13,16,18,20H,5,8-12,14-15,22H2,1-4H3. The van der Waals surface area contributed by atoms with Gasteiger partial charge in [-0.3, -0.25) is 0 Å². The first-order valence-corrected chi connectivity index (χ1v) is 9.70. The fourth-order valence-electron chi connectivity index (χ4n) is 3.93. The summed E-state index contributed by atoms with van der Waals surface area (Å²) in [6.45, 7) is 14.1. The summed E-state index contributed by atoms with van der Waals surface area (Å²) in [5.74, 6) is 2.96. The second kappa shape index (κ2) is 9.43. The van der Waals surface area contributed by atoms with E-state index in [1.165, 1.54) is 43.6 Å². The monoisotopic (exact) mass is 332 g/mol. The molecule has 0 bridgehead atoms. The molecule has 1 atom stereocenters. The molecule has 0 aromatic heterocycles. The second-order valence-corrected chi connectivity index (χ2v) is 7.75. The van der Waals surface area contributed by atoms with Crippen molar-refractivity contribution in [2.45, 2.75) is 52.9 Å². The third-order valence-electron chi connectivity index (χ3n) is 5.17. The van der Waals surface area contributed by atoms with Crippen LogP contribution in [-0.2, 0) is 0 Å². The topological polar surface area (TPSA) is 38.5 Å². The highest BCUT2D eigenvalue weighted by Crippen LogP contribution is 2.34. The van der Waals surface area contributed by atoms with Crippen molar-refractivity contribution in [2.24, 2.45) is 17.6 Å². The Kier molecular flexibility index (Phi) is 7.57. The number of aryl methyl sites for hydroxylation is 1. The Morgan fingerprint density at radius 1 is 1.25 bits per heavy atom. The average Bonchev–Trinajstić information content (AvgIpc) is 2.56. The van der Waals surface area contributed by atoms with Crippen molar-refractivity contribution in [2.75, 3.05) is 32.8 Å². The summed E-state index contributed by atoms with van der Waals surface area (Å²) in [7, 11) is 0. The van der Waals surface area contributed by atoms with Crippen LogP contribution in [0.5, 0.6) is 5.75 Å². The lowest BCUT2D eigenvalue weighted by molar-refractivity contribution is 0.155. The number of hydrogen-bond donors (Lipinski definition) is 1. The summed E-state index contributed by atoms with van der Waals surface area (Å²) in [5.41, 5.74) is 8.80. The zero-order chi connectivity index (χ0) is 17.5. The van der Waals surface area contributed by atoms with E-state index in [1.54, 1.807) is 0 Å². The lowest BCUT2D eigenvalue weighted by Gasteiger charge is -2.36. The molecule has 1 fully saturated rings. The van der Waals surface area contributed by atoms with Gasteiger partial charge in [0.15, 0.2) is 0 Å². The fraction of sp³-hybridized carbons (Fsp3) is 0.714. The fourth-order valence-corrected chi connectivity index (χ4v) is 3.93. The van der Waals surface area contributed by atoms with Crippen LogP contribution in [0.25, 0.3) is 0 Å². The average molecular weight is 333 g/mol. The first-order valence-electron chi connectivity index (χ1n) is 9.70. The molecule has 2 rings (SSSR count). The highest BCUT2D eigenvalue weighted by atomic mass is 16.5. The third kappa shape index (κ3) is 5.22. The molecule has 136 valence electrons. The number of piperidine rings is 1. The van der Waals surface area contributed by atoms with Crippen LogP contribution < -0.4 is 10.5 Å². The summed E-state index contributed by atoms with van der Waals surface area (Å²) >= 11 is 0. The molecule has 3 heteroatoms. The summed E-state index contributed by atoms with van der Waals surface area (Å²) in [5, 5.41) is 0. The molecule has 1 aliphatic rings. The molecule has 0 radical (unpaired) electrons. The van der Waals surface area contributed by atoms with Crippen LogP contribution >= 0.6 is 0 Å². The van der Waals surface area contributed by atoms with Crippen LogP contribution in [-0.4, -0.2) is 37.7 Å². The number of nitrogens with two attached hydrogens (primary N) is 1. The van der Waals surface area contributed by atoms with E-state index in [0.29, 0.717) is 11.8 Å². The van der Waals surface area contributed by atoms with Gasteiger partial charge >= 0.3 is 0 Å². The molecule has 1 saturated heterocycles. The van der Waals surface area contributed by atoms with Gasteiger partial charge in [-0.05, 0) is 80.8 Å². The number of benzene rings is 1. The molecule has 1 aromatic rings. The van der Waals surface area contributed by atoms with Crippen molar-refractivity contribution in [1.29, 1.82) is 0 Å². The molecule has 0 spiro atoms. The van der Waals surface area contributed by atoms with E-state index in [4.69, 9.17) is 10.5 Å². The molecule has 0 saturated carbocycles. The Hall–Kier alpha value is -1.06. The van der Waals surface area contributed by atoms with Gasteiger partial charge < -0.3 is 15.4 Å². The zero-order valence-corrected chi connectivity index (χ0v) is 16.1. The van der Waals surface area contributed by atoms with Gasteiger partial charge in [0.2, 0.25) is 0 Å². The van der Waals surface area contributed by atoms with Crippen molar-refractivity contribution in [3.8, 4) is 5.75 Å². The molecule has 0 aliphatic carbocycles. The van der Waals surface area contributed by atoms with Gasteiger partial charge in [0.1, 0.15) is 5.75 Å². The van der Waals surface area contributed by atoms with Crippen LogP contribution in [0, 0.1) is 18.8 Å². The van der Waals surface area contributed by atoms with Crippen LogP contribution in [0.1, 0.15) is 57.1 Å². The van der Waals surface area contributed by atoms with E-state index in [9.17, 15) is 0 Å². The second-order valence-electron chi connectivity index (χ2n) is 7.75. The minimum Gasteiger partial charge on any atom is -0.493 e. The van der Waals surface area contributed by atoms with Gasteiger partial charge in [0, 0.05) is 6.54 Å². The van der Waals surface area contributed by atoms with E-state index in [2.05, 4.69) is 50.8 Å². The maximum Gasteiger partial charge on any atom is 0.122 e. The zero-order valence-electron chi connectivity index (χ0n) is 16.1. The molecule has 1 unspecified atom stereocenters. The highest BCUT2D eigenvalue weighted by Gasteiger charge is 2.27. The van der Waals surface area contributed by atoms with Crippen molar-refractivity contribution in [1.82, 2.24) is 4.90 Å². The first-order chi connectivity index (χ1) is 11.5. The maximum absolute atomic E-state index is 6.17. The lowest BCUT2D eigenvalue weighted by atomic mass is 9.79. The molecular formula is C21H36N2O. The molecule has 0 amide bonds. The van der Waals surface area contributed by atoms with Crippen LogP contribution in [0.2, 0.25) is 0 Å². The van der Waals surface area contributed by atoms with Gasteiger partial charge in [0.05, 0.1) is 6.61 Å². The Morgan fingerprint density at radius 3 is 2.50 bits per heavy atom. The molecule has 3 nitrogen and oxygen atoms in total. The van der Waals surface area contributed by atoms with E-state index >= 15 is 0 Å². The quantitative estimate of drug-likeness (QED) is 0.775. The van der Waals surface area contributed by atoms with E-state index in [1.807, 2.05) is 0 Å². The molecule has 2 N–H and O–H groups in total. The lowest BCUT2D eigenvalue weighted by Crippen LogP contribution is -2.38. The predicted octanol–water partition coefficient (Wildman–Crippen LogP) is 4.19. The first kappa shape index (κ1) is 19.3. The van der Waals surface area contributed by atoms with Gasteiger partial charge in [-0.1, -0.05) is 32.9 Å². The Labute approximate surface area is 148 Å².